The van der Waals surface area contributed by atoms with Gasteiger partial charge in [0.05, 0.1) is 17.7 Å². The highest BCUT2D eigenvalue weighted by molar-refractivity contribution is 7.99. The summed E-state index contributed by atoms with van der Waals surface area (Å²) in [7, 11) is 0. The van der Waals surface area contributed by atoms with Crippen LogP contribution in [0.2, 0.25) is 0 Å². The molecule has 6 nitrogen and oxygen atoms in total. The van der Waals surface area contributed by atoms with Gasteiger partial charge in [-0.25, -0.2) is 9.78 Å². The Hall–Kier alpha value is -2.37. The molecule has 2 aliphatic carbocycles. The van der Waals surface area contributed by atoms with Crippen LogP contribution < -0.4 is 5.32 Å². The molecule has 0 unspecified atom stereocenters. The third kappa shape index (κ3) is 6.45. The molecule has 0 bridgehead atoms. The van der Waals surface area contributed by atoms with E-state index in [9.17, 15) is 14.9 Å². The monoisotopic (exact) mass is 511 g/mol. The summed E-state index contributed by atoms with van der Waals surface area (Å²) in [6.45, 7) is 2.11. The van der Waals surface area contributed by atoms with Crippen molar-refractivity contribution in [1.82, 2.24) is 4.98 Å². The lowest BCUT2D eigenvalue weighted by atomic mass is 9.96. The minimum absolute atomic E-state index is 0.134. The Morgan fingerprint density at radius 3 is 2.66 bits per heavy atom. The van der Waals surface area contributed by atoms with Gasteiger partial charge in [-0.1, -0.05) is 19.3 Å². The number of thiophene rings is 1. The van der Waals surface area contributed by atoms with E-state index >= 15 is 0 Å². The van der Waals surface area contributed by atoms with Gasteiger partial charge in [0.2, 0.25) is 5.91 Å². The van der Waals surface area contributed by atoms with Crippen LogP contribution in [-0.4, -0.2) is 29.2 Å². The first-order chi connectivity index (χ1) is 17.1. The number of esters is 1. The number of hydrogen-bond acceptors (Lipinski definition) is 7. The predicted octanol–water partition coefficient (Wildman–Crippen LogP) is 6.24. The van der Waals surface area contributed by atoms with E-state index in [1.165, 1.54) is 46.4 Å². The molecular weight excluding hydrogens is 478 g/mol. The maximum Gasteiger partial charge on any atom is 0.341 e. The van der Waals surface area contributed by atoms with Gasteiger partial charge in [-0.05, 0) is 75.5 Å². The number of rotatable bonds is 7. The third-order valence-corrected chi connectivity index (χ3v) is 8.81. The number of nitriles is 1. The van der Waals surface area contributed by atoms with Gasteiger partial charge in [0.1, 0.15) is 16.1 Å². The molecule has 186 valence electrons. The van der Waals surface area contributed by atoms with Crippen LogP contribution in [0.5, 0.6) is 0 Å². The van der Waals surface area contributed by atoms with Crippen molar-refractivity contribution in [2.75, 3.05) is 17.7 Å². The van der Waals surface area contributed by atoms with E-state index in [0.29, 0.717) is 33.5 Å². The third-order valence-electron chi connectivity index (χ3n) is 6.61. The summed E-state index contributed by atoms with van der Waals surface area (Å²) < 4.78 is 5.34. The van der Waals surface area contributed by atoms with Crippen LogP contribution >= 0.6 is 23.1 Å². The van der Waals surface area contributed by atoms with Gasteiger partial charge in [-0.15, -0.1) is 23.1 Å². The summed E-state index contributed by atoms with van der Waals surface area (Å²) in [5.41, 5.74) is 4.50. The number of ether oxygens (including phenoxy) is 1. The molecule has 4 rings (SSSR count). The minimum atomic E-state index is -0.344. The van der Waals surface area contributed by atoms with Gasteiger partial charge in [-0.3, -0.25) is 4.79 Å². The number of hydrogen-bond donors (Lipinski definition) is 1. The van der Waals surface area contributed by atoms with Crippen molar-refractivity contribution < 1.29 is 14.3 Å². The van der Waals surface area contributed by atoms with E-state index in [1.807, 2.05) is 6.07 Å². The molecule has 8 heteroatoms. The Kier molecular flexibility index (Phi) is 9.22. The summed E-state index contributed by atoms with van der Waals surface area (Å²) in [6, 6.07) is 4.27. The number of amides is 1. The molecule has 0 spiro atoms. The van der Waals surface area contributed by atoms with Crippen molar-refractivity contribution in [3.05, 3.63) is 38.9 Å². The lowest BCUT2D eigenvalue weighted by Crippen LogP contribution is -2.16. The Labute approximate surface area is 215 Å². The standard InChI is InChI=1S/C27H33N3O3S2/c1-2-33-27(32)24-20-11-7-3-4-9-13-22(20)35-26(24)30-23(31)14-15-34-25-19(17-28)16-18-10-6-5-8-12-21(18)29-25/h16H,2-15H2,1H3,(H,30,31). The normalized spacial score (nSPS) is 15.5. The van der Waals surface area contributed by atoms with Crippen LogP contribution in [0.4, 0.5) is 5.00 Å². The molecule has 1 amide bonds. The summed E-state index contributed by atoms with van der Waals surface area (Å²) in [5, 5.41) is 13.9. The zero-order chi connectivity index (χ0) is 24.6. The maximum absolute atomic E-state index is 12.9. The lowest BCUT2D eigenvalue weighted by molar-refractivity contribution is -0.115. The number of anilines is 1. The number of pyridine rings is 1. The second-order valence-corrected chi connectivity index (χ2v) is 11.3. The fourth-order valence-electron chi connectivity index (χ4n) is 4.84. The molecular formula is C27H33N3O3S2. The molecule has 0 aliphatic heterocycles. The topological polar surface area (TPSA) is 92.1 Å². The first kappa shape index (κ1) is 25.7. The number of carbonyl (C=O) groups is 2. The lowest BCUT2D eigenvalue weighted by Gasteiger charge is -2.11. The largest absolute Gasteiger partial charge is 0.462 e. The minimum Gasteiger partial charge on any atom is -0.462 e. The number of aromatic nitrogens is 1. The SMILES string of the molecule is CCOC(=O)c1c(NC(=O)CCSc2nc3c(cc2C#N)CCCCC3)sc2c1CCCCCC2. The van der Waals surface area contributed by atoms with Crippen LogP contribution in [0.1, 0.15) is 95.9 Å². The number of fused-ring (bicyclic) bond motifs is 2. The smallest absolute Gasteiger partial charge is 0.341 e. The molecule has 0 saturated carbocycles. The molecule has 0 fully saturated rings. The second kappa shape index (κ2) is 12.5. The van der Waals surface area contributed by atoms with Crippen LogP contribution in [0.15, 0.2) is 11.1 Å². The van der Waals surface area contributed by atoms with E-state index in [4.69, 9.17) is 9.72 Å². The van der Waals surface area contributed by atoms with E-state index in [0.717, 1.165) is 69.0 Å². The van der Waals surface area contributed by atoms with E-state index < -0.39 is 0 Å². The van der Waals surface area contributed by atoms with E-state index in [1.54, 1.807) is 6.92 Å². The van der Waals surface area contributed by atoms with Crippen molar-refractivity contribution in [2.24, 2.45) is 0 Å². The van der Waals surface area contributed by atoms with Gasteiger partial charge in [-0.2, -0.15) is 5.26 Å². The van der Waals surface area contributed by atoms with Gasteiger partial charge >= 0.3 is 5.97 Å². The number of carbonyl (C=O) groups excluding carboxylic acids is 2. The maximum atomic E-state index is 12.9. The Morgan fingerprint density at radius 2 is 1.86 bits per heavy atom. The molecule has 2 aliphatic rings. The molecule has 2 aromatic heterocycles. The Bertz CT molecular complexity index is 1120. The van der Waals surface area contributed by atoms with Crippen LogP contribution in [0, 0.1) is 11.3 Å². The summed E-state index contributed by atoms with van der Waals surface area (Å²) >= 11 is 2.98. The molecule has 35 heavy (non-hydrogen) atoms. The number of nitrogens with zero attached hydrogens (tertiary/aromatic N) is 2. The molecule has 0 atom stereocenters. The summed E-state index contributed by atoms with van der Waals surface area (Å²) in [5.74, 6) is 0.0418. The van der Waals surface area contributed by atoms with E-state index in [2.05, 4.69) is 11.4 Å². The van der Waals surface area contributed by atoms with Crippen LogP contribution in [-0.2, 0) is 35.2 Å². The number of nitrogens with one attached hydrogen (secondary N) is 1. The summed E-state index contributed by atoms with van der Waals surface area (Å²) in [6.07, 6.45) is 12.0. The van der Waals surface area contributed by atoms with Gasteiger partial charge in [0.15, 0.2) is 0 Å². The predicted molar refractivity (Wildman–Crippen MR) is 140 cm³/mol. The first-order valence-electron chi connectivity index (χ1n) is 12.8. The highest BCUT2D eigenvalue weighted by Gasteiger charge is 2.26. The quantitative estimate of drug-likeness (QED) is 0.269. The molecule has 0 saturated heterocycles. The average molecular weight is 512 g/mol. The van der Waals surface area contributed by atoms with Crippen molar-refractivity contribution in [2.45, 2.75) is 89.0 Å². The number of thioether (sulfide) groups is 1. The molecule has 2 aromatic rings. The van der Waals surface area contributed by atoms with Crippen molar-refractivity contribution >= 4 is 40.0 Å². The highest BCUT2D eigenvalue weighted by Crippen LogP contribution is 2.38. The molecule has 2 heterocycles. The average Bonchev–Trinajstić information content (AvgIpc) is 2.99. The van der Waals surface area contributed by atoms with E-state index in [-0.39, 0.29) is 18.3 Å². The summed E-state index contributed by atoms with van der Waals surface area (Å²) in [4.78, 5) is 31.6. The molecule has 0 radical (unpaired) electrons. The zero-order valence-corrected chi connectivity index (χ0v) is 22.0. The fraction of sp³-hybridized carbons (Fsp3) is 0.556. The highest BCUT2D eigenvalue weighted by atomic mass is 32.2. The second-order valence-electron chi connectivity index (χ2n) is 9.11. The van der Waals surface area contributed by atoms with Gasteiger partial charge in [0, 0.05) is 22.7 Å². The molecule has 0 aromatic carbocycles. The first-order valence-corrected chi connectivity index (χ1v) is 14.6. The number of aryl methyl sites for hydroxylation is 3. The van der Waals surface area contributed by atoms with Crippen molar-refractivity contribution in [3.63, 3.8) is 0 Å². The van der Waals surface area contributed by atoms with Crippen LogP contribution in [0.3, 0.4) is 0 Å². The van der Waals surface area contributed by atoms with Gasteiger partial charge in [0.25, 0.3) is 0 Å². The van der Waals surface area contributed by atoms with Crippen molar-refractivity contribution in [3.8, 4) is 6.07 Å². The zero-order valence-electron chi connectivity index (χ0n) is 20.4. The van der Waals surface area contributed by atoms with Crippen LogP contribution in [0.25, 0.3) is 0 Å². The Morgan fingerprint density at radius 1 is 1.11 bits per heavy atom. The molecule has 1 N–H and O–H groups in total. The van der Waals surface area contributed by atoms with Crippen molar-refractivity contribution in [1.29, 1.82) is 5.26 Å². The fourth-order valence-corrected chi connectivity index (χ4v) is 7.05. The Balaban J connectivity index is 1.44. The van der Waals surface area contributed by atoms with Gasteiger partial charge < -0.3 is 10.1 Å².